The molecule has 0 atom stereocenters. The van der Waals surface area contributed by atoms with Crippen molar-refractivity contribution in [2.45, 2.75) is 33.1 Å². The van der Waals surface area contributed by atoms with Crippen molar-refractivity contribution >= 4 is 5.97 Å². The van der Waals surface area contributed by atoms with Gasteiger partial charge in [0.25, 0.3) is 0 Å². The van der Waals surface area contributed by atoms with Gasteiger partial charge in [-0.25, -0.2) is 4.79 Å². The van der Waals surface area contributed by atoms with Crippen LogP contribution in [0, 0.1) is 6.92 Å². The molecule has 0 spiro atoms. The number of carbonyl (C=O) groups is 1. The zero-order valence-electron chi connectivity index (χ0n) is 11.0. The van der Waals surface area contributed by atoms with E-state index in [2.05, 4.69) is 4.74 Å². The second-order valence-corrected chi connectivity index (χ2v) is 5.07. The zero-order valence-corrected chi connectivity index (χ0v) is 11.0. The standard InChI is InChI=1S/C14H18O3/c1-9-7-6-8-10(14(2,3)4)12(15)11(9)13(16)17-5/h6-8H,1-5H3. The summed E-state index contributed by atoms with van der Waals surface area (Å²) in [6.45, 7) is 7.57. The van der Waals surface area contributed by atoms with E-state index in [1.807, 2.05) is 20.8 Å². The van der Waals surface area contributed by atoms with E-state index in [9.17, 15) is 9.59 Å². The van der Waals surface area contributed by atoms with Crippen LogP contribution in [0.1, 0.15) is 42.3 Å². The minimum absolute atomic E-state index is 0.127. The summed E-state index contributed by atoms with van der Waals surface area (Å²) in [6, 6.07) is 5.31. The number of rotatable bonds is 1. The lowest BCUT2D eigenvalue weighted by Crippen LogP contribution is -2.26. The molecule has 0 radical (unpaired) electrons. The highest BCUT2D eigenvalue weighted by Crippen LogP contribution is 2.19. The topological polar surface area (TPSA) is 43.4 Å². The summed E-state index contributed by atoms with van der Waals surface area (Å²) in [4.78, 5) is 24.0. The molecule has 0 amide bonds. The Hall–Kier alpha value is -1.64. The molecule has 0 saturated carbocycles. The fourth-order valence-corrected chi connectivity index (χ4v) is 1.71. The highest BCUT2D eigenvalue weighted by atomic mass is 16.5. The second-order valence-electron chi connectivity index (χ2n) is 5.07. The van der Waals surface area contributed by atoms with Crippen molar-refractivity contribution in [1.82, 2.24) is 0 Å². The number of methoxy groups -OCH3 is 1. The summed E-state index contributed by atoms with van der Waals surface area (Å²) in [6.07, 6.45) is 0. The molecule has 0 bridgehead atoms. The molecular formula is C14H18O3. The van der Waals surface area contributed by atoms with Gasteiger partial charge in [0.05, 0.1) is 7.11 Å². The van der Waals surface area contributed by atoms with Crippen molar-refractivity contribution in [3.63, 3.8) is 0 Å². The minimum Gasteiger partial charge on any atom is -0.465 e. The van der Waals surface area contributed by atoms with Gasteiger partial charge >= 0.3 is 5.97 Å². The number of hydrogen-bond donors (Lipinski definition) is 0. The van der Waals surface area contributed by atoms with Gasteiger partial charge in [0.1, 0.15) is 5.56 Å². The Labute approximate surface area is 101 Å². The molecule has 3 heteroatoms. The molecule has 17 heavy (non-hydrogen) atoms. The molecule has 0 unspecified atom stereocenters. The SMILES string of the molecule is COC(=O)c1c(C)cccc(C(C)(C)C)c1=O. The lowest BCUT2D eigenvalue weighted by atomic mass is 9.87. The third kappa shape index (κ3) is 2.73. The van der Waals surface area contributed by atoms with Crippen molar-refractivity contribution in [2.24, 2.45) is 0 Å². The van der Waals surface area contributed by atoms with Gasteiger partial charge in [0, 0.05) is 5.56 Å². The molecule has 0 aliphatic heterocycles. The molecule has 0 saturated heterocycles. The Morgan fingerprint density at radius 1 is 1.24 bits per heavy atom. The number of aryl methyl sites for hydroxylation is 1. The maximum atomic E-state index is 12.3. The summed E-state index contributed by atoms with van der Waals surface area (Å²) in [5.41, 5.74) is 0.836. The first kappa shape index (κ1) is 13.4. The predicted octanol–water partition coefficient (Wildman–Crippen LogP) is 2.44. The Kier molecular flexibility index (Phi) is 3.71. The minimum atomic E-state index is -0.575. The van der Waals surface area contributed by atoms with Crippen molar-refractivity contribution < 1.29 is 9.53 Å². The van der Waals surface area contributed by atoms with E-state index in [0.29, 0.717) is 11.1 Å². The van der Waals surface area contributed by atoms with Gasteiger partial charge in [-0.2, -0.15) is 0 Å². The summed E-state index contributed by atoms with van der Waals surface area (Å²) in [5, 5.41) is 0. The van der Waals surface area contributed by atoms with Crippen LogP contribution in [0.5, 0.6) is 0 Å². The Bertz CT molecular complexity index is 496. The van der Waals surface area contributed by atoms with Crippen molar-refractivity contribution in [3.05, 3.63) is 45.1 Å². The van der Waals surface area contributed by atoms with Crippen molar-refractivity contribution in [1.29, 1.82) is 0 Å². The number of hydrogen-bond acceptors (Lipinski definition) is 3. The van der Waals surface area contributed by atoms with E-state index < -0.39 is 5.97 Å². The lowest BCUT2D eigenvalue weighted by molar-refractivity contribution is 0.0598. The summed E-state index contributed by atoms with van der Waals surface area (Å²) < 4.78 is 4.67. The normalized spacial score (nSPS) is 11.1. The Morgan fingerprint density at radius 2 is 1.82 bits per heavy atom. The smallest absolute Gasteiger partial charge is 0.342 e. The third-order valence-corrected chi connectivity index (χ3v) is 2.67. The van der Waals surface area contributed by atoms with Crippen LogP contribution in [-0.2, 0) is 10.2 Å². The molecule has 0 fully saturated rings. The molecule has 0 aliphatic rings. The molecule has 0 aromatic heterocycles. The fraction of sp³-hybridized carbons (Fsp3) is 0.429. The molecule has 0 N–H and O–H groups in total. The summed E-state index contributed by atoms with van der Waals surface area (Å²) in [7, 11) is 1.28. The van der Waals surface area contributed by atoms with E-state index in [-0.39, 0.29) is 16.4 Å². The average molecular weight is 234 g/mol. The summed E-state index contributed by atoms with van der Waals surface area (Å²) in [5.74, 6) is -0.575. The van der Waals surface area contributed by atoms with Crippen LogP contribution in [0.4, 0.5) is 0 Å². The van der Waals surface area contributed by atoms with Gasteiger partial charge in [0.2, 0.25) is 0 Å². The quantitative estimate of drug-likeness (QED) is 0.701. The molecule has 1 aromatic rings. The molecule has 92 valence electrons. The van der Waals surface area contributed by atoms with Crippen LogP contribution in [0.15, 0.2) is 23.0 Å². The monoisotopic (exact) mass is 234 g/mol. The number of ether oxygens (including phenoxy) is 1. The van der Waals surface area contributed by atoms with Crippen LogP contribution in [0.25, 0.3) is 0 Å². The van der Waals surface area contributed by atoms with Crippen LogP contribution in [-0.4, -0.2) is 13.1 Å². The maximum Gasteiger partial charge on any atom is 0.342 e. The van der Waals surface area contributed by atoms with Crippen LogP contribution < -0.4 is 5.43 Å². The van der Waals surface area contributed by atoms with Gasteiger partial charge < -0.3 is 4.74 Å². The predicted molar refractivity (Wildman–Crippen MR) is 67.5 cm³/mol. The maximum absolute atomic E-state index is 12.3. The van der Waals surface area contributed by atoms with Crippen LogP contribution >= 0.6 is 0 Å². The van der Waals surface area contributed by atoms with E-state index in [0.717, 1.165) is 0 Å². The van der Waals surface area contributed by atoms with Gasteiger partial charge in [-0.1, -0.05) is 39.0 Å². The summed E-state index contributed by atoms with van der Waals surface area (Å²) >= 11 is 0. The first-order valence-corrected chi connectivity index (χ1v) is 5.51. The number of carbonyl (C=O) groups excluding carboxylic acids is 1. The second kappa shape index (κ2) is 4.70. The van der Waals surface area contributed by atoms with E-state index >= 15 is 0 Å². The lowest BCUT2D eigenvalue weighted by Gasteiger charge is -2.16. The van der Waals surface area contributed by atoms with Gasteiger partial charge in [-0.15, -0.1) is 0 Å². The molecular weight excluding hydrogens is 216 g/mol. The van der Waals surface area contributed by atoms with Crippen molar-refractivity contribution in [2.75, 3.05) is 7.11 Å². The van der Waals surface area contributed by atoms with Gasteiger partial charge in [-0.05, 0) is 17.9 Å². The molecule has 3 nitrogen and oxygen atoms in total. The highest BCUT2D eigenvalue weighted by Gasteiger charge is 2.22. The third-order valence-electron chi connectivity index (χ3n) is 2.67. The first-order valence-electron chi connectivity index (χ1n) is 5.51. The molecule has 0 heterocycles. The molecule has 1 aromatic carbocycles. The van der Waals surface area contributed by atoms with E-state index in [4.69, 9.17) is 0 Å². The Balaban J connectivity index is 3.68. The fourth-order valence-electron chi connectivity index (χ4n) is 1.71. The van der Waals surface area contributed by atoms with E-state index in [1.54, 1.807) is 25.1 Å². The Morgan fingerprint density at radius 3 is 2.29 bits per heavy atom. The van der Waals surface area contributed by atoms with Crippen LogP contribution in [0.2, 0.25) is 0 Å². The van der Waals surface area contributed by atoms with Crippen LogP contribution in [0.3, 0.4) is 0 Å². The first-order chi connectivity index (χ1) is 7.79. The number of esters is 1. The van der Waals surface area contributed by atoms with Crippen molar-refractivity contribution in [3.8, 4) is 0 Å². The molecule has 1 rings (SSSR count). The highest BCUT2D eigenvalue weighted by molar-refractivity contribution is 5.90. The average Bonchev–Trinajstić information content (AvgIpc) is 2.35. The van der Waals surface area contributed by atoms with Gasteiger partial charge in [-0.3, -0.25) is 4.79 Å². The zero-order chi connectivity index (χ0) is 13.2. The van der Waals surface area contributed by atoms with E-state index in [1.165, 1.54) is 7.11 Å². The largest absolute Gasteiger partial charge is 0.465 e. The molecule has 0 aliphatic carbocycles. The van der Waals surface area contributed by atoms with Gasteiger partial charge in [0.15, 0.2) is 5.43 Å².